The van der Waals surface area contributed by atoms with Gasteiger partial charge in [0.15, 0.2) is 0 Å². The number of ether oxygens (including phenoxy) is 1. The number of rotatable bonds is 3. The Hall–Kier alpha value is -2.30. The van der Waals surface area contributed by atoms with Crippen molar-refractivity contribution in [2.24, 2.45) is 0 Å². The fourth-order valence-corrected chi connectivity index (χ4v) is 2.29. The van der Waals surface area contributed by atoms with E-state index in [0.29, 0.717) is 5.92 Å². The predicted octanol–water partition coefficient (Wildman–Crippen LogP) is 2.55. The van der Waals surface area contributed by atoms with E-state index in [1.54, 1.807) is 18.5 Å². The Bertz CT molecular complexity index is 672. The molecule has 20 heavy (non-hydrogen) atoms. The molecular formula is C15H16N2O3. The minimum Gasteiger partial charge on any atom is -0.507 e. The zero-order chi connectivity index (χ0) is 14.3. The molecule has 3 rings (SSSR count). The molecule has 0 spiro atoms. The maximum atomic E-state index is 11.6. The standard InChI is InChI=1S/C15H16N2O3/c1-9-5-14(18)11(15(19)20-2)6-13(9)17-7-12(16-8-17)10-3-4-10/h5-8,10,18H,3-4H2,1-2H3. The Morgan fingerprint density at radius 2 is 2.20 bits per heavy atom. The van der Waals surface area contributed by atoms with Crippen LogP contribution >= 0.6 is 0 Å². The van der Waals surface area contributed by atoms with Crippen LogP contribution in [0.2, 0.25) is 0 Å². The van der Waals surface area contributed by atoms with Gasteiger partial charge in [0.1, 0.15) is 11.3 Å². The SMILES string of the molecule is COC(=O)c1cc(-n2cnc(C3CC3)c2)c(C)cc1O. The highest BCUT2D eigenvalue weighted by molar-refractivity contribution is 5.93. The van der Waals surface area contributed by atoms with Crippen LogP contribution in [0.1, 0.15) is 40.4 Å². The summed E-state index contributed by atoms with van der Waals surface area (Å²) >= 11 is 0. The highest BCUT2D eigenvalue weighted by Gasteiger charge is 2.26. The molecule has 1 fully saturated rings. The fraction of sp³-hybridized carbons (Fsp3) is 0.333. The number of imidazole rings is 1. The van der Waals surface area contributed by atoms with Crippen molar-refractivity contribution in [3.8, 4) is 11.4 Å². The number of carbonyl (C=O) groups excluding carboxylic acids is 1. The molecule has 0 aliphatic heterocycles. The third-order valence-electron chi connectivity index (χ3n) is 3.60. The van der Waals surface area contributed by atoms with Gasteiger partial charge in [-0.3, -0.25) is 0 Å². The van der Waals surface area contributed by atoms with Gasteiger partial charge in [0.05, 0.1) is 24.8 Å². The second-order valence-electron chi connectivity index (χ2n) is 5.13. The van der Waals surface area contributed by atoms with Crippen molar-refractivity contribution in [3.05, 3.63) is 41.5 Å². The first-order chi connectivity index (χ1) is 9.60. The zero-order valence-electron chi connectivity index (χ0n) is 11.5. The number of phenols is 1. The van der Waals surface area contributed by atoms with E-state index in [2.05, 4.69) is 9.72 Å². The molecular weight excluding hydrogens is 256 g/mol. The number of phenolic OH excluding ortho intramolecular Hbond substituents is 1. The lowest BCUT2D eigenvalue weighted by atomic mass is 10.1. The molecule has 1 saturated carbocycles. The zero-order valence-corrected chi connectivity index (χ0v) is 11.5. The third-order valence-corrected chi connectivity index (χ3v) is 3.60. The van der Waals surface area contributed by atoms with Gasteiger partial charge >= 0.3 is 5.97 Å². The quantitative estimate of drug-likeness (QED) is 0.872. The van der Waals surface area contributed by atoms with E-state index in [9.17, 15) is 9.90 Å². The lowest BCUT2D eigenvalue weighted by molar-refractivity contribution is 0.0597. The summed E-state index contributed by atoms with van der Waals surface area (Å²) in [5.41, 5.74) is 2.93. The van der Waals surface area contributed by atoms with E-state index in [4.69, 9.17) is 0 Å². The van der Waals surface area contributed by atoms with Crippen molar-refractivity contribution >= 4 is 5.97 Å². The molecule has 1 aromatic heterocycles. The Morgan fingerprint density at radius 3 is 2.85 bits per heavy atom. The first kappa shape index (κ1) is 12.7. The number of nitrogens with zero attached hydrogens (tertiary/aromatic N) is 2. The van der Waals surface area contributed by atoms with Crippen LogP contribution in [0.5, 0.6) is 5.75 Å². The molecule has 5 nitrogen and oxygen atoms in total. The molecule has 0 unspecified atom stereocenters. The average Bonchev–Trinajstić information content (AvgIpc) is 3.17. The van der Waals surface area contributed by atoms with Crippen LogP contribution in [-0.4, -0.2) is 27.7 Å². The molecule has 104 valence electrons. The molecule has 1 N–H and O–H groups in total. The van der Waals surface area contributed by atoms with E-state index in [0.717, 1.165) is 16.9 Å². The van der Waals surface area contributed by atoms with Gasteiger partial charge in [-0.1, -0.05) is 0 Å². The molecule has 5 heteroatoms. The summed E-state index contributed by atoms with van der Waals surface area (Å²) in [6, 6.07) is 3.20. The largest absolute Gasteiger partial charge is 0.507 e. The molecule has 0 amide bonds. The lowest BCUT2D eigenvalue weighted by Crippen LogP contribution is -2.04. The average molecular weight is 272 g/mol. The van der Waals surface area contributed by atoms with Crippen LogP contribution in [0.15, 0.2) is 24.7 Å². The summed E-state index contributed by atoms with van der Waals surface area (Å²) in [5.74, 6) is -0.0411. The van der Waals surface area contributed by atoms with E-state index in [1.165, 1.54) is 20.0 Å². The van der Waals surface area contributed by atoms with Crippen molar-refractivity contribution in [3.63, 3.8) is 0 Å². The van der Waals surface area contributed by atoms with Crippen molar-refractivity contribution in [2.45, 2.75) is 25.7 Å². The number of aryl methyl sites for hydroxylation is 1. The van der Waals surface area contributed by atoms with Crippen LogP contribution < -0.4 is 0 Å². The minimum absolute atomic E-state index is 0.0689. The normalized spacial score (nSPS) is 14.3. The lowest BCUT2D eigenvalue weighted by Gasteiger charge is -2.10. The Morgan fingerprint density at radius 1 is 1.45 bits per heavy atom. The molecule has 0 atom stereocenters. The van der Waals surface area contributed by atoms with Crippen LogP contribution in [0.25, 0.3) is 5.69 Å². The highest BCUT2D eigenvalue weighted by atomic mass is 16.5. The molecule has 2 aromatic rings. The predicted molar refractivity (Wildman–Crippen MR) is 73.3 cm³/mol. The molecule has 1 heterocycles. The Balaban J connectivity index is 2.04. The van der Waals surface area contributed by atoms with E-state index >= 15 is 0 Å². The number of carbonyl (C=O) groups is 1. The second-order valence-corrected chi connectivity index (χ2v) is 5.13. The summed E-state index contributed by atoms with van der Waals surface area (Å²) in [5, 5.41) is 9.84. The summed E-state index contributed by atoms with van der Waals surface area (Å²) in [4.78, 5) is 16.0. The second kappa shape index (κ2) is 4.67. The number of hydrogen-bond donors (Lipinski definition) is 1. The van der Waals surface area contributed by atoms with Gasteiger partial charge in [0.25, 0.3) is 0 Å². The number of aromatic nitrogens is 2. The van der Waals surface area contributed by atoms with Gasteiger partial charge in [-0.15, -0.1) is 0 Å². The first-order valence-electron chi connectivity index (χ1n) is 6.56. The fourth-order valence-electron chi connectivity index (χ4n) is 2.29. The highest BCUT2D eigenvalue weighted by Crippen LogP contribution is 2.39. The first-order valence-corrected chi connectivity index (χ1v) is 6.56. The maximum Gasteiger partial charge on any atom is 0.341 e. The summed E-state index contributed by atoms with van der Waals surface area (Å²) in [6.07, 6.45) is 6.12. The smallest absolute Gasteiger partial charge is 0.341 e. The van der Waals surface area contributed by atoms with Crippen LogP contribution in [0, 0.1) is 6.92 Å². The van der Waals surface area contributed by atoms with Crippen LogP contribution in [0.4, 0.5) is 0 Å². The Kier molecular flexibility index (Phi) is 2.97. The van der Waals surface area contributed by atoms with Gasteiger partial charge in [-0.05, 0) is 37.5 Å². The third kappa shape index (κ3) is 2.15. The minimum atomic E-state index is -0.550. The van der Waals surface area contributed by atoms with Gasteiger partial charge in [0.2, 0.25) is 0 Å². The number of aromatic hydroxyl groups is 1. The van der Waals surface area contributed by atoms with Crippen molar-refractivity contribution in [1.82, 2.24) is 9.55 Å². The summed E-state index contributed by atoms with van der Waals surface area (Å²) < 4.78 is 6.56. The molecule has 0 saturated heterocycles. The maximum absolute atomic E-state index is 11.6. The van der Waals surface area contributed by atoms with Gasteiger partial charge < -0.3 is 14.4 Å². The monoisotopic (exact) mass is 272 g/mol. The number of hydrogen-bond acceptors (Lipinski definition) is 4. The van der Waals surface area contributed by atoms with Gasteiger partial charge in [-0.2, -0.15) is 0 Å². The number of esters is 1. The van der Waals surface area contributed by atoms with Gasteiger partial charge in [-0.25, -0.2) is 9.78 Å². The molecule has 0 radical (unpaired) electrons. The van der Waals surface area contributed by atoms with Crippen molar-refractivity contribution in [1.29, 1.82) is 0 Å². The van der Waals surface area contributed by atoms with Gasteiger partial charge in [0, 0.05) is 12.1 Å². The molecule has 0 bridgehead atoms. The molecule has 1 aliphatic rings. The van der Waals surface area contributed by atoms with Crippen LogP contribution in [0.3, 0.4) is 0 Å². The summed E-state index contributed by atoms with van der Waals surface area (Å²) in [6.45, 7) is 1.88. The number of methoxy groups -OCH3 is 1. The van der Waals surface area contributed by atoms with E-state index < -0.39 is 5.97 Å². The summed E-state index contributed by atoms with van der Waals surface area (Å²) in [7, 11) is 1.30. The van der Waals surface area contributed by atoms with E-state index in [1.807, 2.05) is 17.7 Å². The topological polar surface area (TPSA) is 64.4 Å². The van der Waals surface area contributed by atoms with Crippen LogP contribution in [-0.2, 0) is 4.74 Å². The van der Waals surface area contributed by atoms with E-state index in [-0.39, 0.29) is 11.3 Å². The Labute approximate surface area is 116 Å². The number of benzene rings is 1. The molecule has 1 aromatic carbocycles. The van der Waals surface area contributed by atoms with Crippen molar-refractivity contribution < 1.29 is 14.6 Å². The molecule has 1 aliphatic carbocycles. The van der Waals surface area contributed by atoms with Crippen molar-refractivity contribution in [2.75, 3.05) is 7.11 Å².